The molecule has 2 aliphatic rings. The van der Waals surface area contributed by atoms with Crippen molar-refractivity contribution in [2.24, 2.45) is 11.8 Å². The smallest absolute Gasteiger partial charge is 0.227 e. The van der Waals surface area contributed by atoms with Crippen molar-refractivity contribution in [2.75, 3.05) is 38.5 Å². The molecular weight excluding hydrogens is 326 g/mol. The van der Waals surface area contributed by atoms with Crippen LogP contribution in [0, 0.1) is 25.7 Å². The second-order valence-electron chi connectivity index (χ2n) is 7.98. The van der Waals surface area contributed by atoms with Crippen molar-refractivity contribution >= 4 is 17.5 Å². The van der Waals surface area contributed by atoms with Crippen molar-refractivity contribution in [1.29, 1.82) is 0 Å². The molecular formula is C21H31N3O2. The monoisotopic (exact) mass is 357 g/mol. The summed E-state index contributed by atoms with van der Waals surface area (Å²) >= 11 is 0. The Labute approximate surface area is 156 Å². The molecule has 1 N–H and O–H groups in total. The van der Waals surface area contributed by atoms with Gasteiger partial charge in [0.1, 0.15) is 0 Å². The summed E-state index contributed by atoms with van der Waals surface area (Å²) in [6, 6.07) is 6.08. The van der Waals surface area contributed by atoms with E-state index in [9.17, 15) is 9.59 Å². The number of aryl methyl sites for hydroxylation is 2. The number of anilines is 1. The lowest BCUT2D eigenvalue weighted by Gasteiger charge is -2.36. The van der Waals surface area contributed by atoms with Crippen LogP contribution in [0.2, 0.25) is 0 Å². The highest BCUT2D eigenvalue weighted by molar-refractivity contribution is 5.93. The molecule has 0 aromatic heterocycles. The number of amides is 2. The van der Waals surface area contributed by atoms with Crippen molar-refractivity contribution in [1.82, 2.24) is 9.80 Å². The first-order valence-corrected chi connectivity index (χ1v) is 9.79. The standard InChI is InChI=1S/C21H31N3O2/c1-15-4-9-19(16(2)14-15)22-20(25)17-5-7-18(8-6-17)21(26)24-12-10-23(3)11-13-24/h4,9,14,17-18H,5-8,10-13H2,1-3H3,(H,22,25). The molecule has 0 atom stereocenters. The highest BCUT2D eigenvalue weighted by Crippen LogP contribution is 2.31. The second-order valence-corrected chi connectivity index (χ2v) is 7.98. The van der Waals surface area contributed by atoms with Gasteiger partial charge >= 0.3 is 0 Å². The molecule has 0 spiro atoms. The van der Waals surface area contributed by atoms with Crippen molar-refractivity contribution < 1.29 is 9.59 Å². The van der Waals surface area contributed by atoms with Gasteiger partial charge in [0.2, 0.25) is 11.8 Å². The Morgan fingerprint density at radius 3 is 2.19 bits per heavy atom. The molecule has 5 nitrogen and oxygen atoms in total. The third-order valence-corrected chi connectivity index (χ3v) is 5.90. The van der Waals surface area contributed by atoms with Gasteiger partial charge < -0.3 is 15.1 Å². The molecule has 2 amide bonds. The Bertz CT molecular complexity index is 657. The molecule has 0 unspecified atom stereocenters. The molecule has 0 radical (unpaired) electrons. The van der Waals surface area contributed by atoms with Crippen LogP contribution in [-0.2, 0) is 9.59 Å². The average molecular weight is 357 g/mol. The topological polar surface area (TPSA) is 52.7 Å². The average Bonchev–Trinajstić information content (AvgIpc) is 2.64. The Hall–Kier alpha value is -1.88. The third kappa shape index (κ3) is 4.44. The number of carbonyl (C=O) groups excluding carboxylic acids is 2. The van der Waals surface area contributed by atoms with Crippen LogP contribution in [0.5, 0.6) is 0 Å². The van der Waals surface area contributed by atoms with Crippen molar-refractivity contribution in [3.8, 4) is 0 Å². The molecule has 1 aromatic carbocycles. The van der Waals surface area contributed by atoms with E-state index in [1.807, 2.05) is 24.0 Å². The second kappa shape index (κ2) is 8.21. The predicted molar refractivity (Wildman–Crippen MR) is 104 cm³/mol. The number of rotatable bonds is 3. The highest BCUT2D eigenvalue weighted by Gasteiger charge is 2.33. The van der Waals surface area contributed by atoms with Crippen LogP contribution in [0.15, 0.2) is 18.2 Å². The van der Waals surface area contributed by atoms with Gasteiger partial charge in [-0.2, -0.15) is 0 Å². The fraction of sp³-hybridized carbons (Fsp3) is 0.619. The molecule has 1 aliphatic carbocycles. The summed E-state index contributed by atoms with van der Waals surface area (Å²) < 4.78 is 0. The zero-order valence-corrected chi connectivity index (χ0v) is 16.3. The molecule has 142 valence electrons. The Morgan fingerprint density at radius 1 is 0.962 bits per heavy atom. The largest absolute Gasteiger partial charge is 0.340 e. The summed E-state index contributed by atoms with van der Waals surface area (Å²) in [6.07, 6.45) is 3.27. The first-order valence-electron chi connectivity index (χ1n) is 9.79. The lowest BCUT2D eigenvalue weighted by atomic mass is 9.80. The van der Waals surface area contributed by atoms with Gasteiger partial charge in [0.25, 0.3) is 0 Å². The van der Waals surface area contributed by atoms with Crippen molar-refractivity contribution in [3.63, 3.8) is 0 Å². The number of piperazine rings is 1. The number of hydrogen-bond donors (Lipinski definition) is 1. The summed E-state index contributed by atoms with van der Waals surface area (Å²) in [7, 11) is 2.10. The van der Waals surface area contributed by atoms with Crippen LogP contribution in [0.3, 0.4) is 0 Å². The third-order valence-electron chi connectivity index (χ3n) is 5.90. The number of carbonyl (C=O) groups is 2. The van der Waals surface area contributed by atoms with Gasteiger partial charge in [0.15, 0.2) is 0 Å². The lowest BCUT2D eigenvalue weighted by molar-refractivity contribution is -0.139. The number of nitrogens with zero attached hydrogens (tertiary/aromatic N) is 2. The Balaban J connectivity index is 1.50. The van der Waals surface area contributed by atoms with Gasteiger partial charge in [-0.05, 0) is 58.2 Å². The van der Waals surface area contributed by atoms with E-state index in [2.05, 4.69) is 30.3 Å². The molecule has 2 fully saturated rings. The quantitative estimate of drug-likeness (QED) is 0.905. The first-order chi connectivity index (χ1) is 12.4. The van der Waals surface area contributed by atoms with Gasteiger partial charge in [-0.1, -0.05) is 17.7 Å². The van der Waals surface area contributed by atoms with Crippen LogP contribution in [0.25, 0.3) is 0 Å². The molecule has 26 heavy (non-hydrogen) atoms. The van der Waals surface area contributed by atoms with E-state index in [1.54, 1.807) is 0 Å². The predicted octanol–water partition coefficient (Wildman–Crippen LogP) is 2.82. The maximum absolute atomic E-state index is 12.7. The van der Waals surface area contributed by atoms with Gasteiger partial charge in [0, 0.05) is 43.7 Å². The van der Waals surface area contributed by atoms with Crippen LogP contribution in [0.4, 0.5) is 5.69 Å². The first kappa shape index (κ1) is 18.9. The van der Waals surface area contributed by atoms with E-state index in [-0.39, 0.29) is 17.7 Å². The maximum Gasteiger partial charge on any atom is 0.227 e. The number of hydrogen-bond acceptors (Lipinski definition) is 3. The lowest BCUT2D eigenvalue weighted by Crippen LogP contribution is -2.49. The molecule has 1 heterocycles. The van der Waals surface area contributed by atoms with E-state index < -0.39 is 0 Å². The molecule has 5 heteroatoms. The zero-order valence-electron chi connectivity index (χ0n) is 16.3. The maximum atomic E-state index is 12.7. The summed E-state index contributed by atoms with van der Waals surface area (Å²) in [4.78, 5) is 29.6. The molecule has 0 bridgehead atoms. The normalized spacial score (nSPS) is 24.3. The van der Waals surface area contributed by atoms with Gasteiger partial charge in [-0.15, -0.1) is 0 Å². The minimum atomic E-state index is 0.0206. The zero-order chi connectivity index (χ0) is 18.7. The van der Waals surface area contributed by atoms with Crippen molar-refractivity contribution in [3.05, 3.63) is 29.3 Å². The van der Waals surface area contributed by atoms with Crippen LogP contribution in [0.1, 0.15) is 36.8 Å². The van der Waals surface area contributed by atoms with Crippen LogP contribution >= 0.6 is 0 Å². The number of nitrogens with one attached hydrogen (secondary N) is 1. The summed E-state index contributed by atoms with van der Waals surface area (Å²) in [5, 5.41) is 3.08. The van der Waals surface area contributed by atoms with E-state index >= 15 is 0 Å². The molecule has 1 saturated carbocycles. The minimum Gasteiger partial charge on any atom is -0.340 e. The summed E-state index contributed by atoms with van der Waals surface area (Å²) in [6.45, 7) is 7.66. The molecule has 1 saturated heterocycles. The van der Waals surface area contributed by atoms with Crippen LogP contribution < -0.4 is 5.32 Å². The fourth-order valence-electron chi connectivity index (χ4n) is 4.08. The van der Waals surface area contributed by atoms with E-state index in [0.717, 1.165) is 63.1 Å². The minimum absolute atomic E-state index is 0.0206. The number of likely N-dealkylation sites (N-methyl/N-ethyl adjacent to an activating group) is 1. The molecule has 3 rings (SSSR count). The van der Waals surface area contributed by atoms with E-state index in [4.69, 9.17) is 0 Å². The van der Waals surface area contributed by atoms with E-state index in [0.29, 0.717) is 5.91 Å². The molecule has 1 aromatic rings. The Kier molecular flexibility index (Phi) is 5.97. The fourth-order valence-corrected chi connectivity index (χ4v) is 4.08. The van der Waals surface area contributed by atoms with Crippen molar-refractivity contribution in [2.45, 2.75) is 39.5 Å². The Morgan fingerprint density at radius 2 is 1.58 bits per heavy atom. The van der Waals surface area contributed by atoms with E-state index in [1.165, 1.54) is 5.56 Å². The summed E-state index contributed by atoms with van der Waals surface area (Å²) in [5.41, 5.74) is 3.19. The summed E-state index contributed by atoms with van der Waals surface area (Å²) in [5.74, 6) is 0.518. The van der Waals surface area contributed by atoms with Crippen LogP contribution in [-0.4, -0.2) is 54.8 Å². The van der Waals surface area contributed by atoms with Gasteiger partial charge in [-0.25, -0.2) is 0 Å². The van der Waals surface area contributed by atoms with Gasteiger partial charge in [0.05, 0.1) is 0 Å². The highest BCUT2D eigenvalue weighted by atomic mass is 16.2. The van der Waals surface area contributed by atoms with Gasteiger partial charge in [-0.3, -0.25) is 9.59 Å². The number of benzene rings is 1. The molecule has 1 aliphatic heterocycles. The SMILES string of the molecule is Cc1ccc(NC(=O)C2CCC(C(=O)N3CCN(C)CC3)CC2)c(C)c1.